The molecule has 2 aromatic heterocycles. The molecule has 2 amide bonds. The summed E-state index contributed by atoms with van der Waals surface area (Å²) in [4.78, 5) is 16.0. The molecule has 0 bridgehead atoms. The molecular formula is C16H24N6OS. The van der Waals surface area contributed by atoms with Crippen LogP contribution in [0, 0.1) is 0 Å². The van der Waals surface area contributed by atoms with Crippen LogP contribution >= 0.6 is 11.3 Å². The van der Waals surface area contributed by atoms with Crippen molar-refractivity contribution in [2.75, 3.05) is 19.6 Å². The van der Waals surface area contributed by atoms with Crippen LogP contribution in [-0.2, 0) is 7.05 Å². The molecule has 24 heavy (non-hydrogen) atoms. The molecule has 0 radical (unpaired) electrons. The third-order valence-corrected chi connectivity index (χ3v) is 5.36. The van der Waals surface area contributed by atoms with Crippen LogP contribution in [0.2, 0.25) is 0 Å². The van der Waals surface area contributed by atoms with E-state index in [1.165, 1.54) is 17.7 Å². The Morgan fingerprint density at radius 3 is 2.83 bits per heavy atom. The van der Waals surface area contributed by atoms with Crippen molar-refractivity contribution in [3.05, 3.63) is 34.5 Å². The molecule has 2 atom stereocenters. The Hall–Kier alpha value is -1.93. The summed E-state index contributed by atoms with van der Waals surface area (Å²) in [6.07, 6.45) is 4.10. The Balaban J connectivity index is 1.56. The second kappa shape index (κ2) is 7.76. The lowest BCUT2D eigenvalue weighted by Gasteiger charge is -2.27. The molecule has 0 spiro atoms. The van der Waals surface area contributed by atoms with Crippen LogP contribution in [0.3, 0.4) is 0 Å². The van der Waals surface area contributed by atoms with Gasteiger partial charge in [0.05, 0.1) is 12.1 Å². The van der Waals surface area contributed by atoms with Crippen molar-refractivity contribution in [2.24, 2.45) is 7.05 Å². The highest BCUT2D eigenvalue weighted by atomic mass is 32.1. The highest BCUT2D eigenvalue weighted by molar-refractivity contribution is 7.10. The number of nitrogens with one attached hydrogen (secondary N) is 2. The summed E-state index contributed by atoms with van der Waals surface area (Å²) in [5.74, 6) is 0.736. The smallest absolute Gasteiger partial charge is 0.315 e. The van der Waals surface area contributed by atoms with Gasteiger partial charge < -0.3 is 15.2 Å². The molecule has 2 N–H and O–H groups in total. The maximum Gasteiger partial charge on any atom is 0.315 e. The average Bonchev–Trinajstić information content (AvgIpc) is 3.29. The summed E-state index contributed by atoms with van der Waals surface area (Å²) in [6.45, 7) is 4.71. The van der Waals surface area contributed by atoms with Crippen LogP contribution in [0.25, 0.3) is 0 Å². The van der Waals surface area contributed by atoms with E-state index in [1.807, 2.05) is 18.5 Å². The molecule has 1 saturated heterocycles. The first-order chi connectivity index (χ1) is 11.6. The maximum absolute atomic E-state index is 12.3. The van der Waals surface area contributed by atoms with Gasteiger partial charge in [-0.1, -0.05) is 6.07 Å². The van der Waals surface area contributed by atoms with Crippen molar-refractivity contribution < 1.29 is 4.79 Å². The van der Waals surface area contributed by atoms with E-state index in [0.717, 1.165) is 18.9 Å². The fraction of sp³-hybridized carbons (Fsp3) is 0.562. The summed E-state index contributed by atoms with van der Waals surface area (Å²) in [5, 5.41) is 15.9. The molecule has 1 fully saturated rings. The van der Waals surface area contributed by atoms with Gasteiger partial charge in [-0.15, -0.1) is 21.5 Å². The molecular weight excluding hydrogens is 324 g/mol. The van der Waals surface area contributed by atoms with Gasteiger partial charge in [0.15, 0.2) is 5.82 Å². The van der Waals surface area contributed by atoms with E-state index in [9.17, 15) is 4.79 Å². The van der Waals surface area contributed by atoms with Crippen LogP contribution in [0.15, 0.2) is 23.8 Å². The number of hydrogen-bond donors (Lipinski definition) is 2. The summed E-state index contributed by atoms with van der Waals surface area (Å²) >= 11 is 1.75. The van der Waals surface area contributed by atoms with Gasteiger partial charge in [0.1, 0.15) is 6.33 Å². The third kappa shape index (κ3) is 3.93. The Morgan fingerprint density at radius 1 is 1.42 bits per heavy atom. The van der Waals surface area contributed by atoms with Crippen molar-refractivity contribution in [2.45, 2.75) is 31.8 Å². The van der Waals surface area contributed by atoms with Crippen molar-refractivity contribution in [1.29, 1.82) is 0 Å². The standard InChI is InChI=1S/C16H24N6OS/c1-12(15-20-18-11-21(15)2)19-16(23)17-10-13(14-6-5-9-24-14)22-7-3-4-8-22/h5-6,9,11-13H,3-4,7-8,10H2,1-2H3,(H2,17,19,23). The van der Waals surface area contributed by atoms with Crippen molar-refractivity contribution in [3.8, 4) is 0 Å². The Kier molecular flexibility index (Phi) is 5.47. The highest BCUT2D eigenvalue weighted by Crippen LogP contribution is 2.27. The summed E-state index contributed by atoms with van der Waals surface area (Å²) in [5.41, 5.74) is 0. The first-order valence-corrected chi connectivity index (χ1v) is 9.19. The summed E-state index contributed by atoms with van der Waals surface area (Å²) in [6, 6.07) is 4.11. The second-order valence-electron chi connectivity index (χ2n) is 6.15. The number of thiophene rings is 1. The van der Waals surface area contributed by atoms with E-state index in [4.69, 9.17) is 0 Å². The summed E-state index contributed by atoms with van der Waals surface area (Å²) in [7, 11) is 1.87. The second-order valence-corrected chi connectivity index (χ2v) is 7.13. The number of urea groups is 1. The molecule has 3 rings (SSSR count). The lowest BCUT2D eigenvalue weighted by Crippen LogP contribution is -2.42. The van der Waals surface area contributed by atoms with E-state index in [0.29, 0.717) is 6.54 Å². The van der Waals surface area contributed by atoms with E-state index in [2.05, 4.69) is 43.2 Å². The average molecular weight is 348 g/mol. The Morgan fingerprint density at radius 2 is 2.21 bits per heavy atom. The van der Waals surface area contributed by atoms with Crippen molar-refractivity contribution in [1.82, 2.24) is 30.3 Å². The van der Waals surface area contributed by atoms with E-state index in [-0.39, 0.29) is 18.1 Å². The van der Waals surface area contributed by atoms with E-state index < -0.39 is 0 Å². The fourth-order valence-electron chi connectivity index (χ4n) is 3.13. The first-order valence-electron chi connectivity index (χ1n) is 8.31. The fourth-order valence-corrected chi connectivity index (χ4v) is 3.99. The molecule has 130 valence electrons. The predicted molar refractivity (Wildman–Crippen MR) is 93.8 cm³/mol. The van der Waals surface area contributed by atoms with Gasteiger partial charge in [0.25, 0.3) is 0 Å². The van der Waals surface area contributed by atoms with Crippen LogP contribution < -0.4 is 10.6 Å². The van der Waals surface area contributed by atoms with Gasteiger partial charge in [0, 0.05) is 18.5 Å². The molecule has 1 aliphatic heterocycles. The monoisotopic (exact) mass is 348 g/mol. The molecule has 0 aromatic carbocycles. The van der Waals surface area contributed by atoms with E-state index >= 15 is 0 Å². The number of carbonyl (C=O) groups is 1. The number of rotatable bonds is 6. The molecule has 8 heteroatoms. The topological polar surface area (TPSA) is 75.1 Å². The van der Waals surface area contributed by atoms with Crippen LogP contribution in [-0.4, -0.2) is 45.3 Å². The van der Waals surface area contributed by atoms with Gasteiger partial charge in [-0.3, -0.25) is 4.90 Å². The maximum atomic E-state index is 12.3. The molecule has 0 aliphatic carbocycles. The number of hydrogen-bond acceptors (Lipinski definition) is 5. The number of amides is 2. The minimum atomic E-state index is -0.190. The van der Waals surface area contributed by atoms with Crippen molar-refractivity contribution in [3.63, 3.8) is 0 Å². The zero-order valence-corrected chi connectivity index (χ0v) is 14.9. The van der Waals surface area contributed by atoms with Gasteiger partial charge in [0.2, 0.25) is 0 Å². The third-order valence-electron chi connectivity index (χ3n) is 4.39. The molecule has 2 unspecified atom stereocenters. The SMILES string of the molecule is CC(NC(=O)NCC(c1cccs1)N1CCCC1)c1nncn1C. The largest absolute Gasteiger partial charge is 0.336 e. The predicted octanol–water partition coefficient (Wildman–Crippen LogP) is 2.07. The van der Waals surface area contributed by atoms with Gasteiger partial charge in [-0.05, 0) is 44.3 Å². The highest BCUT2D eigenvalue weighted by Gasteiger charge is 2.25. The summed E-state index contributed by atoms with van der Waals surface area (Å²) < 4.78 is 1.81. The van der Waals surface area contributed by atoms with Gasteiger partial charge in [-0.2, -0.15) is 0 Å². The van der Waals surface area contributed by atoms with Crippen LogP contribution in [0.4, 0.5) is 4.79 Å². The normalized spacial score (nSPS) is 17.6. The van der Waals surface area contributed by atoms with Gasteiger partial charge in [-0.25, -0.2) is 4.79 Å². The lowest BCUT2D eigenvalue weighted by atomic mass is 10.2. The van der Waals surface area contributed by atoms with Gasteiger partial charge >= 0.3 is 6.03 Å². The number of carbonyl (C=O) groups excluding carboxylic acids is 1. The zero-order valence-electron chi connectivity index (χ0n) is 14.1. The van der Waals surface area contributed by atoms with Crippen LogP contribution in [0.5, 0.6) is 0 Å². The minimum absolute atomic E-state index is 0.175. The molecule has 1 aliphatic rings. The molecule has 7 nitrogen and oxygen atoms in total. The molecule has 0 saturated carbocycles. The van der Waals surface area contributed by atoms with E-state index in [1.54, 1.807) is 17.7 Å². The lowest BCUT2D eigenvalue weighted by molar-refractivity contribution is 0.220. The Bertz CT molecular complexity index is 649. The first kappa shape index (κ1) is 16.9. The Labute approximate surface area is 146 Å². The van der Waals surface area contributed by atoms with Crippen LogP contribution in [0.1, 0.15) is 42.6 Å². The number of likely N-dealkylation sites (tertiary alicyclic amines) is 1. The number of aromatic nitrogens is 3. The van der Waals surface area contributed by atoms with Crippen molar-refractivity contribution >= 4 is 17.4 Å². The molecule has 2 aromatic rings. The zero-order chi connectivity index (χ0) is 16.9. The number of aryl methyl sites for hydroxylation is 1. The number of nitrogens with zero attached hydrogens (tertiary/aromatic N) is 4. The minimum Gasteiger partial charge on any atom is -0.336 e. The molecule has 3 heterocycles. The quantitative estimate of drug-likeness (QED) is 0.838.